The number of hydrogen-bond donors (Lipinski definition) is 2. The molecule has 21 heavy (non-hydrogen) atoms. The summed E-state index contributed by atoms with van der Waals surface area (Å²) in [4.78, 5) is 11.0. The molecule has 118 valence electrons. The molecule has 7 nitrogen and oxygen atoms in total. The third-order valence-electron chi connectivity index (χ3n) is 4.26. The van der Waals surface area contributed by atoms with Gasteiger partial charge in [0.15, 0.2) is 0 Å². The van der Waals surface area contributed by atoms with Crippen LogP contribution in [0.25, 0.3) is 0 Å². The Kier molecular flexibility index (Phi) is 4.82. The van der Waals surface area contributed by atoms with Gasteiger partial charge in [0.1, 0.15) is 5.69 Å². The number of aryl methyl sites for hydroxylation is 2. The Balaban J connectivity index is 2.36. The van der Waals surface area contributed by atoms with Crippen molar-refractivity contribution in [3.05, 3.63) is 15.8 Å². The van der Waals surface area contributed by atoms with Crippen molar-refractivity contribution in [3.8, 4) is 0 Å². The topological polar surface area (TPSA) is 93.2 Å². The van der Waals surface area contributed by atoms with E-state index in [1.807, 2.05) is 6.92 Å². The second kappa shape index (κ2) is 6.43. The summed E-state index contributed by atoms with van der Waals surface area (Å²) in [7, 11) is 1.71. The SMILES string of the molecule is CCCc1nn(C)c(NC2(CO)CCCCC2)c1[N+](=O)[O-]. The predicted octanol–water partition coefficient (Wildman–Crippen LogP) is 2.39. The lowest BCUT2D eigenvalue weighted by Gasteiger charge is -2.36. The van der Waals surface area contributed by atoms with Gasteiger partial charge in [-0.1, -0.05) is 32.6 Å². The highest BCUT2D eigenvalue weighted by Gasteiger charge is 2.36. The number of aliphatic hydroxyl groups excluding tert-OH is 1. The fraction of sp³-hybridized carbons (Fsp3) is 0.786. The van der Waals surface area contributed by atoms with E-state index in [1.54, 1.807) is 7.05 Å². The van der Waals surface area contributed by atoms with Crippen LogP contribution < -0.4 is 5.32 Å². The van der Waals surface area contributed by atoms with Crippen LogP contribution in [0.3, 0.4) is 0 Å². The van der Waals surface area contributed by atoms with E-state index >= 15 is 0 Å². The number of nitrogens with zero attached hydrogens (tertiary/aromatic N) is 3. The third kappa shape index (κ3) is 3.18. The first-order valence-corrected chi connectivity index (χ1v) is 7.62. The largest absolute Gasteiger partial charge is 0.394 e. The molecule has 0 unspecified atom stereocenters. The summed E-state index contributed by atoms with van der Waals surface area (Å²) in [5.41, 5.74) is 0.106. The average Bonchev–Trinajstić information content (AvgIpc) is 2.76. The number of aliphatic hydroxyl groups is 1. The highest BCUT2D eigenvalue weighted by atomic mass is 16.6. The molecule has 0 amide bonds. The fourth-order valence-corrected chi connectivity index (χ4v) is 3.11. The molecule has 1 aromatic heterocycles. The van der Waals surface area contributed by atoms with E-state index in [9.17, 15) is 15.2 Å². The maximum atomic E-state index is 11.4. The van der Waals surface area contributed by atoms with Crippen LogP contribution in [0, 0.1) is 10.1 Å². The number of aromatic nitrogens is 2. The fourth-order valence-electron chi connectivity index (χ4n) is 3.11. The molecule has 1 heterocycles. The quantitative estimate of drug-likeness (QED) is 0.621. The van der Waals surface area contributed by atoms with Crippen LogP contribution in [-0.4, -0.2) is 32.0 Å². The maximum Gasteiger partial charge on any atom is 0.334 e. The molecule has 0 atom stereocenters. The van der Waals surface area contributed by atoms with Gasteiger partial charge in [0, 0.05) is 7.05 Å². The van der Waals surface area contributed by atoms with Gasteiger partial charge in [0.25, 0.3) is 0 Å². The second-order valence-electron chi connectivity index (χ2n) is 5.90. The Morgan fingerprint density at radius 2 is 2.10 bits per heavy atom. The molecule has 0 spiro atoms. The molecule has 1 aromatic rings. The summed E-state index contributed by atoms with van der Waals surface area (Å²) in [6.07, 6.45) is 6.25. The van der Waals surface area contributed by atoms with E-state index in [1.165, 1.54) is 4.68 Å². The minimum Gasteiger partial charge on any atom is -0.394 e. The summed E-state index contributed by atoms with van der Waals surface area (Å²) in [5, 5.41) is 28.7. The minimum atomic E-state index is -0.458. The third-order valence-corrected chi connectivity index (χ3v) is 4.26. The van der Waals surface area contributed by atoms with Crippen molar-refractivity contribution in [1.29, 1.82) is 0 Å². The van der Waals surface area contributed by atoms with Crippen molar-refractivity contribution in [2.24, 2.45) is 7.05 Å². The van der Waals surface area contributed by atoms with Gasteiger partial charge in [-0.25, -0.2) is 4.68 Å². The van der Waals surface area contributed by atoms with E-state index in [-0.39, 0.29) is 17.2 Å². The maximum absolute atomic E-state index is 11.4. The van der Waals surface area contributed by atoms with E-state index in [2.05, 4.69) is 10.4 Å². The van der Waals surface area contributed by atoms with Crippen LogP contribution in [0.5, 0.6) is 0 Å². The van der Waals surface area contributed by atoms with Crippen LogP contribution in [-0.2, 0) is 13.5 Å². The van der Waals surface area contributed by atoms with Gasteiger partial charge in [-0.05, 0) is 19.3 Å². The van der Waals surface area contributed by atoms with Crippen molar-refractivity contribution < 1.29 is 10.0 Å². The molecule has 0 bridgehead atoms. The highest BCUT2D eigenvalue weighted by Crippen LogP contribution is 2.36. The normalized spacial score (nSPS) is 17.7. The first-order chi connectivity index (χ1) is 10.0. The average molecular weight is 296 g/mol. The molecular formula is C14H24N4O3. The smallest absolute Gasteiger partial charge is 0.334 e. The Morgan fingerprint density at radius 3 is 2.62 bits per heavy atom. The predicted molar refractivity (Wildman–Crippen MR) is 80.4 cm³/mol. The Hall–Kier alpha value is -1.63. The minimum absolute atomic E-state index is 0.0154. The van der Waals surface area contributed by atoms with Crippen LogP contribution in [0.4, 0.5) is 11.5 Å². The molecule has 0 radical (unpaired) electrons. The van der Waals surface area contributed by atoms with Crippen molar-refractivity contribution in [2.75, 3.05) is 11.9 Å². The molecule has 0 aromatic carbocycles. The lowest BCUT2D eigenvalue weighted by molar-refractivity contribution is -0.384. The molecule has 2 rings (SSSR count). The van der Waals surface area contributed by atoms with Crippen molar-refractivity contribution in [1.82, 2.24) is 9.78 Å². The van der Waals surface area contributed by atoms with Crippen LogP contribution in [0.2, 0.25) is 0 Å². The van der Waals surface area contributed by atoms with Crippen LogP contribution >= 0.6 is 0 Å². The molecule has 7 heteroatoms. The zero-order valence-corrected chi connectivity index (χ0v) is 12.8. The van der Waals surface area contributed by atoms with Crippen LogP contribution in [0.1, 0.15) is 51.1 Å². The van der Waals surface area contributed by atoms with Crippen molar-refractivity contribution >= 4 is 11.5 Å². The lowest BCUT2D eigenvalue weighted by Crippen LogP contribution is -2.44. The van der Waals surface area contributed by atoms with Gasteiger partial charge in [0.05, 0.1) is 17.1 Å². The zero-order chi connectivity index (χ0) is 15.5. The van der Waals surface area contributed by atoms with Gasteiger partial charge in [-0.2, -0.15) is 5.10 Å². The highest BCUT2D eigenvalue weighted by molar-refractivity contribution is 5.61. The Labute approximate surface area is 124 Å². The number of hydrogen-bond acceptors (Lipinski definition) is 5. The number of anilines is 1. The Bertz CT molecular complexity index is 507. The standard InChI is InChI=1S/C14H24N4O3/c1-3-7-11-12(18(20)21)13(17(2)16-11)15-14(10-19)8-5-4-6-9-14/h15,19H,3-10H2,1-2H3. The van der Waals surface area contributed by atoms with Gasteiger partial charge in [-0.15, -0.1) is 0 Å². The molecular weight excluding hydrogens is 272 g/mol. The molecule has 1 saturated carbocycles. The molecule has 1 fully saturated rings. The zero-order valence-electron chi connectivity index (χ0n) is 12.8. The summed E-state index contributed by atoms with van der Waals surface area (Å²) in [6.45, 7) is 1.96. The second-order valence-corrected chi connectivity index (χ2v) is 5.90. The number of nitrogens with one attached hydrogen (secondary N) is 1. The number of nitro groups is 1. The van der Waals surface area contributed by atoms with Gasteiger partial charge >= 0.3 is 5.69 Å². The summed E-state index contributed by atoms with van der Waals surface area (Å²) in [6, 6.07) is 0. The van der Waals surface area contributed by atoms with Gasteiger partial charge in [-0.3, -0.25) is 10.1 Å². The monoisotopic (exact) mass is 296 g/mol. The molecule has 0 saturated heterocycles. The molecule has 0 aliphatic heterocycles. The van der Waals surface area contributed by atoms with E-state index in [4.69, 9.17) is 0 Å². The Morgan fingerprint density at radius 1 is 1.43 bits per heavy atom. The molecule has 1 aliphatic rings. The summed E-state index contributed by atoms with van der Waals surface area (Å²) in [5.74, 6) is 0.416. The van der Waals surface area contributed by atoms with Crippen molar-refractivity contribution in [2.45, 2.75) is 57.4 Å². The van der Waals surface area contributed by atoms with Gasteiger partial charge < -0.3 is 10.4 Å². The summed E-state index contributed by atoms with van der Waals surface area (Å²) >= 11 is 0. The molecule has 2 N–H and O–H groups in total. The number of rotatable bonds is 6. The van der Waals surface area contributed by atoms with E-state index < -0.39 is 5.54 Å². The van der Waals surface area contributed by atoms with Gasteiger partial charge in [0.2, 0.25) is 5.82 Å². The first-order valence-electron chi connectivity index (χ1n) is 7.62. The molecule has 1 aliphatic carbocycles. The van der Waals surface area contributed by atoms with E-state index in [0.29, 0.717) is 17.9 Å². The van der Waals surface area contributed by atoms with E-state index in [0.717, 1.165) is 38.5 Å². The lowest BCUT2D eigenvalue weighted by atomic mass is 9.82. The van der Waals surface area contributed by atoms with Crippen molar-refractivity contribution in [3.63, 3.8) is 0 Å². The summed E-state index contributed by atoms with van der Waals surface area (Å²) < 4.78 is 1.54. The van der Waals surface area contributed by atoms with Crippen LogP contribution in [0.15, 0.2) is 0 Å². The first kappa shape index (κ1) is 15.8.